The number of carbonyl (C=O) groups excluding carboxylic acids is 1. The summed E-state index contributed by atoms with van der Waals surface area (Å²) in [6, 6.07) is 12.3. The minimum atomic E-state index is -3.66. The minimum Gasteiger partial charge on any atom is -0.323 e. The second kappa shape index (κ2) is 9.47. The highest BCUT2D eigenvalue weighted by Gasteiger charge is 2.32. The Bertz CT molecular complexity index is 942. The van der Waals surface area contributed by atoms with Crippen LogP contribution in [0, 0.1) is 13.8 Å². The van der Waals surface area contributed by atoms with Crippen molar-refractivity contribution in [1.29, 1.82) is 0 Å². The molecule has 0 fully saturated rings. The SMILES string of the molecule is CCSc1ccccc1NC(=O)C(CC)N(c1cc(C)ccc1C)S(C)(=O)=O. The average Bonchev–Trinajstić information content (AvgIpc) is 2.62. The molecule has 0 radical (unpaired) electrons. The van der Waals surface area contributed by atoms with E-state index >= 15 is 0 Å². The number of para-hydroxylation sites is 1. The fraction of sp³-hybridized carbons (Fsp3) is 0.381. The van der Waals surface area contributed by atoms with Crippen molar-refractivity contribution < 1.29 is 13.2 Å². The van der Waals surface area contributed by atoms with Crippen LogP contribution in [0.2, 0.25) is 0 Å². The summed E-state index contributed by atoms with van der Waals surface area (Å²) < 4.78 is 26.6. The van der Waals surface area contributed by atoms with E-state index in [4.69, 9.17) is 0 Å². The Hall–Kier alpha value is -1.99. The van der Waals surface area contributed by atoms with Crippen molar-refractivity contribution in [3.8, 4) is 0 Å². The molecule has 0 spiro atoms. The fourth-order valence-corrected chi connectivity index (χ4v) is 5.08. The number of anilines is 2. The van der Waals surface area contributed by atoms with E-state index in [0.29, 0.717) is 17.8 Å². The molecule has 0 bridgehead atoms. The van der Waals surface area contributed by atoms with Crippen LogP contribution in [0.25, 0.3) is 0 Å². The number of nitrogens with zero attached hydrogens (tertiary/aromatic N) is 1. The molecule has 2 aromatic carbocycles. The third-order valence-electron chi connectivity index (χ3n) is 4.38. The second-order valence-electron chi connectivity index (χ2n) is 6.69. The predicted molar refractivity (Wildman–Crippen MR) is 119 cm³/mol. The molecule has 0 aromatic heterocycles. The lowest BCUT2D eigenvalue weighted by Crippen LogP contribution is -2.47. The largest absolute Gasteiger partial charge is 0.323 e. The molecular formula is C21H28N2O3S2. The molecule has 1 N–H and O–H groups in total. The van der Waals surface area contributed by atoms with Gasteiger partial charge in [0.25, 0.3) is 0 Å². The third kappa shape index (κ3) is 5.29. The molecule has 0 aliphatic carbocycles. The third-order valence-corrected chi connectivity index (χ3v) is 6.50. The number of sulfonamides is 1. The van der Waals surface area contributed by atoms with Crippen molar-refractivity contribution in [1.82, 2.24) is 0 Å². The Kier molecular flexibility index (Phi) is 7.55. The number of amides is 1. The number of thioether (sulfide) groups is 1. The van der Waals surface area contributed by atoms with Crippen molar-refractivity contribution in [2.75, 3.05) is 21.6 Å². The van der Waals surface area contributed by atoms with Gasteiger partial charge in [0.2, 0.25) is 15.9 Å². The number of hydrogen-bond acceptors (Lipinski definition) is 4. The van der Waals surface area contributed by atoms with Crippen LogP contribution in [0.5, 0.6) is 0 Å². The van der Waals surface area contributed by atoms with Crippen LogP contribution < -0.4 is 9.62 Å². The molecular weight excluding hydrogens is 392 g/mol. The van der Waals surface area contributed by atoms with Crippen LogP contribution >= 0.6 is 11.8 Å². The molecule has 2 rings (SSSR count). The summed E-state index contributed by atoms with van der Waals surface area (Å²) in [4.78, 5) is 14.1. The van der Waals surface area contributed by atoms with Gasteiger partial charge in [-0.2, -0.15) is 0 Å². The standard InChI is InChI=1S/C21H28N2O3S2/c1-6-18(21(24)22-17-10-8-9-11-20(17)27-7-2)23(28(5,25)26)19-14-15(3)12-13-16(19)4/h8-14,18H,6-7H2,1-5H3,(H,22,24). The molecule has 0 heterocycles. The van der Waals surface area contributed by atoms with Gasteiger partial charge in [0, 0.05) is 4.90 Å². The number of aryl methyl sites for hydroxylation is 2. The minimum absolute atomic E-state index is 0.335. The van der Waals surface area contributed by atoms with E-state index in [-0.39, 0.29) is 5.91 Å². The van der Waals surface area contributed by atoms with Crippen LogP contribution in [-0.4, -0.2) is 32.4 Å². The Labute approximate surface area is 172 Å². The van der Waals surface area contributed by atoms with Crippen LogP contribution in [0.4, 0.5) is 11.4 Å². The molecule has 1 atom stereocenters. The van der Waals surface area contributed by atoms with Gasteiger partial charge in [-0.15, -0.1) is 11.8 Å². The lowest BCUT2D eigenvalue weighted by Gasteiger charge is -2.31. The van der Waals surface area contributed by atoms with Gasteiger partial charge in [0.05, 0.1) is 17.6 Å². The number of benzene rings is 2. The van der Waals surface area contributed by atoms with Crippen LogP contribution in [0.1, 0.15) is 31.4 Å². The predicted octanol–water partition coefficient (Wildman–Crippen LogP) is 4.60. The summed E-state index contributed by atoms with van der Waals surface area (Å²) in [6.07, 6.45) is 1.50. The average molecular weight is 421 g/mol. The highest BCUT2D eigenvalue weighted by molar-refractivity contribution is 7.99. The quantitative estimate of drug-likeness (QED) is 0.634. The van der Waals surface area contributed by atoms with Gasteiger partial charge in [-0.1, -0.05) is 38.1 Å². The highest BCUT2D eigenvalue weighted by atomic mass is 32.2. The molecule has 28 heavy (non-hydrogen) atoms. The molecule has 0 aliphatic rings. The summed E-state index contributed by atoms with van der Waals surface area (Å²) in [7, 11) is -3.66. The lowest BCUT2D eigenvalue weighted by molar-refractivity contribution is -0.117. The molecule has 0 saturated heterocycles. The van der Waals surface area contributed by atoms with Crippen LogP contribution in [0.15, 0.2) is 47.4 Å². The Morgan fingerprint density at radius 3 is 2.43 bits per heavy atom. The summed E-state index contributed by atoms with van der Waals surface area (Å²) in [5, 5.41) is 2.94. The van der Waals surface area contributed by atoms with Crippen molar-refractivity contribution in [2.24, 2.45) is 0 Å². The first-order valence-electron chi connectivity index (χ1n) is 9.28. The van der Waals surface area contributed by atoms with Crippen LogP contribution in [-0.2, 0) is 14.8 Å². The number of rotatable bonds is 8. The summed E-state index contributed by atoms with van der Waals surface area (Å²) >= 11 is 1.63. The van der Waals surface area contributed by atoms with E-state index < -0.39 is 16.1 Å². The Morgan fingerprint density at radius 1 is 1.14 bits per heavy atom. The van der Waals surface area contributed by atoms with E-state index in [1.54, 1.807) is 11.8 Å². The van der Waals surface area contributed by atoms with E-state index in [0.717, 1.165) is 28.0 Å². The maximum atomic E-state index is 13.1. The molecule has 0 aliphatic heterocycles. The van der Waals surface area contributed by atoms with Crippen LogP contribution in [0.3, 0.4) is 0 Å². The summed E-state index contributed by atoms with van der Waals surface area (Å²) in [6.45, 7) is 7.62. The monoisotopic (exact) mass is 420 g/mol. The fourth-order valence-electron chi connectivity index (χ4n) is 3.06. The van der Waals surface area contributed by atoms with Gasteiger partial charge in [0.1, 0.15) is 6.04 Å². The molecule has 5 nitrogen and oxygen atoms in total. The molecule has 7 heteroatoms. The lowest BCUT2D eigenvalue weighted by atomic mass is 10.1. The van der Waals surface area contributed by atoms with Gasteiger partial charge in [-0.05, 0) is 55.3 Å². The van der Waals surface area contributed by atoms with Gasteiger partial charge < -0.3 is 5.32 Å². The molecule has 0 saturated carbocycles. The zero-order valence-corrected chi connectivity index (χ0v) is 18.7. The van der Waals surface area contributed by atoms with Gasteiger partial charge >= 0.3 is 0 Å². The topological polar surface area (TPSA) is 66.5 Å². The van der Waals surface area contributed by atoms with Gasteiger partial charge in [0.15, 0.2) is 0 Å². The first-order valence-corrected chi connectivity index (χ1v) is 12.1. The molecule has 1 amide bonds. The zero-order valence-electron chi connectivity index (χ0n) is 17.0. The van der Waals surface area contributed by atoms with Gasteiger partial charge in [-0.25, -0.2) is 8.42 Å². The maximum Gasteiger partial charge on any atom is 0.248 e. The second-order valence-corrected chi connectivity index (χ2v) is 9.86. The zero-order chi connectivity index (χ0) is 20.9. The van der Waals surface area contributed by atoms with Crippen molar-refractivity contribution >= 4 is 39.1 Å². The maximum absolute atomic E-state index is 13.1. The smallest absolute Gasteiger partial charge is 0.248 e. The van der Waals surface area contributed by atoms with E-state index in [2.05, 4.69) is 5.32 Å². The number of hydrogen-bond donors (Lipinski definition) is 1. The highest BCUT2D eigenvalue weighted by Crippen LogP contribution is 2.30. The first-order chi connectivity index (χ1) is 13.2. The Morgan fingerprint density at radius 2 is 1.82 bits per heavy atom. The van der Waals surface area contributed by atoms with E-state index in [1.165, 1.54) is 4.31 Å². The summed E-state index contributed by atoms with van der Waals surface area (Å²) in [5.74, 6) is 0.542. The Balaban J connectivity index is 2.44. The number of nitrogens with one attached hydrogen (secondary N) is 1. The van der Waals surface area contributed by atoms with Crippen molar-refractivity contribution in [3.63, 3.8) is 0 Å². The van der Waals surface area contributed by atoms with E-state index in [1.807, 2.05) is 70.2 Å². The first kappa shape index (κ1) is 22.3. The van der Waals surface area contributed by atoms with Crippen molar-refractivity contribution in [2.45, 2.75) is 45.1 Å². The molecule has 1 unspecified atom stereocenters. The number of carbonyl (C=O) groups is 1. The molecule has 2 aromatic rings. The van der Waals surface area contributed by atoms with E-state index in [9.17, 15) is 13.2 Å². The van der Waals surface area contributed by atoms with Crippen molar-refractivity contribution in [3.05, 3.63) is 53.6 Å². The molecule has 152 valence electrons. The van der Waals surface area contributed by atoms with Gasteiger partial charge in [-0.3, -0.25) is 9.10 Å². The summed E-state index contributed by atoms with van der Waals surface area (Å²) in [5.41, 5.74) is 2.99. The normalized spacial score (nSPS) is 12.5.